The van der Waals surface area contributed by atoms with Crippen LogP contribution in [0.25, 0.3) is 0 Å². The first kappa shape index (κ1) is 9.43. The molecule has 0 fully saturated rings. The van der Waals surface area contributed by atoms with Gasteiger partial charge in [-0.05, 0) is 13.8 Å². The predicted molar refractivity (Wildman–Crippen MR) is 39.6 cm³/mol. The van der Waals surface area contributed by atoms with E-state index in [0.29, 0.717) is 6.54 Å². The summed E-state index contributed by atoms with van der Waals surface area (Å²) in [6.07, 6.45) is 0. The van der Waals surface area contributed by atoms with Gasteiger partial charge in [-0.3, -0.25) is 4.79 Å². The van der Waals surface area contributed by atoms with E-state index in [9.17, 15) is 4.79 Å². The summed E-state index contributed by atoms with van der Waals surface area (Å²) in [6, 6.07) is 0.185. The zero-order chi connectivity index (χ0) is 8.15. The lowest BCUT2D eigenvalue weighted by atomic mass is 10.3. The lowest BCUT2D eigenvalue weighted by Gasteiger charge is -2.23. The van der Waals surface area contributed by atoms with E-state index in [1.807, 2.05) is 13.8 Å². The molecule has 0 bridgehead atoms. The number of amides is 1. The Kier molecular flexibility index (Phi) is 4.03. The molecule has 0 aliphatic rings. The molecule has 0 heterocycles. The SMILES string of the molecule is CC(=O)N(CCO)C(C)C. The molecule has 10 heavy (non-hydrogen) atoms. The van der Waals surface area contributed by atoms with Crippen LogP contribution < -0.4 is 0 Å². The summed E-state index contributed by atoms with van der Waals surface area (Å²) in [6.45, 7) is 5.84. The molecule has 0 aliphatic heterocycles. The highest BCUT2D eigenvalue weighted by atomic mass is 16.3. The molecule has 1 N–H and O–H groups in total. The summed E-state index contributed by atoms with van der Waals surface area (Å²) < 4.78 is 0. The Hall–Kier alpha value is -0.570. The number of rotatable bonds is 3. The van der Waals surface area contributed by atoms with Crippen molar-refractivity contribution >= 4 is 5.91 Å². The largest absolute Gasteiger partial charge is 0.395 e. The normalized spacial score (nSPS) is 10.1. The number of carbonyl (C=O) groups excluding carboxylic acids is 1. The van der Waals surface area contributed by atoms with E-state index >= 15 is 0 Å². The zero-order valence-corrected chi connectivity index (χ0v) is 6.79. The fraction of sp³-hybridized carbons (Fsp3) is 0.857. The van der Waals surface area contributed by atoms with E-state index in [1.165, 1.54) is 6.92 Å². The van der Waals surface area contributed by atoms with Gasteiger partial charge in [0.25, 0.3) is 0 Å². The Morgan fingerprint density at radius 2 is 2.10 bits per heavy atom. The fourth-order valence-corrected chi connectivity index (χ4v) is 0.887. The van der Waals surface area contributed by atoms with Crippen molar-refractivity contribution in [2.45, 2.75) is 26.8 Å². The molecule has 0 unspecified atom stereocenters. The van der Waals surface area contributed by atoms with E-state index in [-0.39, 0.29) is 18.6 Å². The van der Waals surface area contributed by atoms with Crippen LogP contribution in [0, 0.1) is 0 Å². The van der Waals surface area contributed by atoms with Gasteiger partial charge in [-0.1, -0.05) is 0 Å². The zero-order valence-electron chi connectivity index (χ0n) is 6.79. The van der Waals surface area contributed by atoms with Gasteiger partial charge in [-0.2, -0.15) is 0 Å². The quantitative estimate of drug-likeness (QED) is 0.617. The number of hydrogen-bond acceptors (Lipinski definition) is 2. The van der Waals surface area contributed by atoms with Gasteiger partial charge in [-0.15, -0.1) is 0 Å². The van der Waals surface area contributed by atoms with Crippen LogP contribution in [0.1, 0.15) is 20.8 Å². The number of carbonyl (C=O) groups is 1. The second-order valence-corrected chi connectivity index (χ2v) is 2.53. The van der Waals surface area contributed by atoms with Gasteiger partial charge >= 0.3 is 0 Å². The Morgan fingerprint density at radius 3 is 2.20 bits per heavy atom. The van der Waals surface area contributed by atoms with E-state index < -0.39 is 0 Å². The van der Waals surface area contributed by atoms with Crippen LogP contribution in [0.15, 0.2) is 0 Å². The molecule has 0 atom stereocenters. The van der Waals surface area contributed by atoms with E-state index in [0.717, 1.165) is 0 Å². The Labute approximate surface area is 61.6 Å². The maximum absolute atomic E-state index is 10.8. The monoisotopic (exact) mass is 145 g/mol. The first-order valence-corrected chi connectivity index (χ1v) is 3.47. The van der Waals surface area contributed by atoms with Gasteiger partial charge in [0.05, 0.1) is 6.61 Å². The molecule has 0 spiro atoms. The molecule has 0 aliphatic carbocycles. The fourth-order valence-electron chi connectivity index (χ4n) is 0.887. The molecule has 0 rings (SSSR count). The molecule has 0 aromatic heterocycles. The highest BCUT2D eigenvalue weighted by Gasteiger charge is 2.10. The minimum atomic E-state index is 0.0176. The molecular weight excluding hydrogens is 130 g/mol. The Balaban J connectivity index is 3.85. The van der Waals surface area contributed by atoms with Crippen molar-refractivity contribution in [1.29, 1.82) is 0 Å². The topological polar surface area (TPSA) is 40.5 Å². The minimum Gasteiger partial charge on any atom is -0.395 e. The van der Waals surface area contributed by atoms with Crippen LogP contribution in [0.2, 0.25) is 0 Å². The standard InChI is InChI=1S/C7H15NO2/c1-6(2)8(4-5-9)7(3)10/h6,9H,4-5H2,1-3H3. The van der Waals surface area contributed by atoms with Crippen LogP contribution in [0.3, 0.4) is 0 Å². The summed E-state index contributed by atoms with van der Waals surface area (Å²) in [5.74, 6) is 0.0176. The summed E-state index contributed by atoms with van der Waals surface area (Å²) in [5.41, 5.74) is 0. The van der Waals surface area contributed by atoms with Gasteiger partial charge in [-0.25, -0.2) is 0 Å². The molecule has 0 aromatic carbocycles. The molecule has 0 aromatic rings. The lowest BCUT2D eigenvalue weighted by molar-refractivity contribution is -0.131. The van der Waals surface area contributed by atoms with Crippen LogP contribution in [0.4, 0.5) is 0 Å². The Morgan fingerprint density at radius 1 is 1.60 bits per heavy atom. The number of aliphatic hydroxyl groups is 1. The van der Waals surface area contributed by atoms with Crippen molar-refractivity contribution in [1.82, 2.24) is 4.90 Å². The molecule has 60 valence electrons. The lowest BCUT2D eigenvalue weighted by Crippen LogP contribution is -2.37. The molecule has 0 radical (unpaired) electrons. The Bertz CT molecular complexity index is 112. The summed E-state index contributed by atoms with van der Waals surface area (Å²) >= 11 is 0. The molecule has 3 nitrogen and oxygen atoms in total. The minimum absolute atomic E-state index is 0.0176. The second-order valence-electron chi connectivity index (χ2n) is 2.53. The third-order valence-corrected chi connectivity index (χ3v) is 1.37. The summed E-state index contributed by atoms with van der Waals surface area (Å²) in [5, 5.41) is 8.54. The van der Waals surface area contributed by atoms with Gasteiger partial charge in [0, 0.05) is 19.5 Å². The van der Waals surface area contributed by atoms with Crippen molar-refractivity contribution in [2.75, 3.05) is 13.2 Å². The molecule has 0 saturated heterocycles. The van der Waals surface area contributed by atoms with Crippen LogP contribution in [0.5, 0.6) is 0 Å². The van der Waals surface area contributed by atoms with E-state index in [2.05, 4.69) is 0 Å². The van der Waals surface area contributed by atoms with Gasteiger partial charge in [0.1, 0.15) is 0 Å². The van der Waals surface area contributed by atoms with Crippen molar-refractivity contribution in [3.05, 3.63) is 0 Å². The second kappa shape index (κ2) is 4.28. The first-order valence-electron chi connectivity index (χ1n) is 3.47. The highest BCUT2D eigenvalue weighted by molar-refractivity contribution is 5.73. The van der Waals surface area contributed by atoms with Crippen LogP contribution in [-0.4, -0.2) is 35.1 Å². The average Bonchev–Trinajstić information content (AvgIpc) is 1.81. The predicted octanol–water partition coefficient (Wildman–Crippen LogP) is 0.236. The molecule has 0 saturated carbocycles. The molecular formula is C7H15NO2. The maximum atomic E-state index is 10.8. The molecule has 3 heteroatoms. The van der Waals surface area contributed by atoms with Crippen LogP contribution in [-0.2, 0) is 4.79 Å². The van der Waals surface area contributed by atoms with E-state index in [1.54, 1.807) is 4.90 Å². The van der Waals surface area contributed by atoms with Gasteiger partial charge < -0.3 is 10.0 Å². The van der Waals surface area contributed by atoms with Crippen molar-refractivity contribution in [3.63, 3.8) is 0 Å². The van der Waals surface area contributed by atoms with E-state index in [4.69, 9.17) is 5.11 Å². The number of hydrogen-bond donors (Lipinski definition) is 1. The summed E-state index contributed by atoms with van der Waals surface area (Å²) in [4.78, 5) is 12.4. The number of aliphatic hydroxyl groups excluding tert-OH is 1. The maximum Gasteiger partial charge on any atom is 0.219 e. The average molecular weight is 145 g/mol. The van der Waals surface area contributed by atoms with Crippen molar-refractivity contribution in [3.8, 4) is 0 Å². The molecule has 1 amide bonds. The highest BCUT2D eigenvalue weighted by Crippen LogP contribution is 1.96. The summed E-state index contributed by atoms with van der Waals surface area (Å²) in [7, 11) is 0. The third kappa shape index (κ3) is 2.82. The number of nitrogens with zero attached hydrogens (tertiary/aromatic N) is 1. The smallest absolute Gasteiger partial charge is 0.219 e. The van der Waals surface area contributed by atoms with Crippen molar-refractivity contribution < 1.29 is 9.90 Å². The van der Waals surface area contributed by atoms with Crippen molar-refractivity contribution in [2.24, 2.45) is 0 Å². The van der Waals surface area contributed by atoms with Crippen LogP contribution >= 0.6 is 0 Å². The van der Waals surface area contributed by atoms with Gasteiger partial charge in [0.2, 0.25) is 5.91 Å². The third-order valence-electron chi connectivity index (χ3n) is 1.37. The first-order chi connectivity index (χ1) is 4.59. The van der Waals surface area contributed by atoms with Gasteiger partial charge in [0.15, 0.2) is 0 Å².